The van der Waals surface area contributed by atoms with Gasteiger partial charge in [-0.1, -0.05) is 34.9 Å². The minimum absolute atomic E-state index is 0.0472. The average Bonchev–Trinajstić information content (AvgIpc) is 3.16. The van der Waals surface area contributed by atoms with E-state index in [4.69, 9.17) is 16.3 Å². The Kier molecular flexibility index (Phi) is 4.82. The third-order valence-corrected chi connectivity index (χ3v) is 4.48. The lowest BCUT2D eigenvalue weighted by Crippen LogP contribution is -2.20. The van der Waals surface area contributed by atoms with Gasteiger partial charge in [0.25, 0.3) is 0 Å². The second kappa shape index (κ2) is 7.43. The fraction of sp³-hybridized carbons (Fsp3) is 0.167. The monoisotopic (exact) mass is 405 g/mol. The molecule has 2 heterocycles. The van der Waals surface area contributed by atoms with Crippen molar-refractivity contribution in [2.24, 2.45) is 0 Å². The minimum atomic E-state index is -2.94. The van der Waals surface area contributed by atoms with Crippen LogP contribution in [0.15, 0.2) is 48.5 Å². The van der Waals surface area contributed by atoms with Crippen LogP contribution < -0.4 is 14.8 Å². The summed E-state index contributed by atoms with van der Waals surface area (Å²) in [6, 6.07) is 11.6. The Bertz CT molecular complexity index is 1020. The van der Waals surface area contributed by atoms with Crippen LogP contribution in [0.2, 0.25) is 5.02 Å². The van der Waals surface area contributed by atoms with Crippen LogP contribution in [0.4, 0.5) is 14.7 Å². The number of halogens is 3. The Labute approximate surface area is 163 Å². The number of hydrogen-bond acceptors (Lipinski definition) is 6. The molecule has 28 heavy (non-hydrogen) atoms. The van der Waals surface area contributed by atoms with E-state index in [1.807, 2.05) is 18.2 Å². The molecule has 1 aliphatic rings. The first-order valence-corrected chi connectivity index (χ1v) is 8.58. The van der Waals surface area contributed by atoms with Crippen molar-refractivity contribution in [2.45, 2.75) is 12.7 Å². The second-order valence-corrected chi connectivity index (χ2v) is 6.33. The third-order valence-electron chi connectivity index (χ3n) is 4.23. The zero-order valence-corrected chi connectivity index (χ0v) is 15.3. The molecular weight excluding hydrogens is 392 g/mol. The van der Waals surface area contributed by atoms with Gasteiger partial charge in [0.1, 0.15) is 6.04 Å². The predicted octanol–water partition coefficient (Wildman–Crippen LogP) is 3.99. The maximum Gasteiger partial charge on any atom is 0.387 e. The molecule has 0 radical (unpaired) electrons. The Balaban J connectivity index is 1.76. The molecule has 144 valence electrons. The summed E-state index contributed by atoms with van der Waals surface area (Å²) < 4.78 is 36.4. The molecule has 0 unspecified atom stereocenters. The molecule has 1 N–H and O–H groups in total. The van der Waals surface area contributed by atoms with Gasteiger partial charge >= 0.3 is 6.61 Å². The molecule has 0 spiro atoms. The molecule has 7 nitrogen and oxygen atoms in total. The highest BCUT2D eigenvalue weighted by molar-refractivity contribution is 6.30. The van der Waals surface area contributed by atoms with Crippen LogP contribution in [-0.4, -0.2) is 33.9 Å². The molecule has 1 aliphatic heterocycles. The molecule has 4 rings (SSSR count). The van der Waals surface area contributed by atoms with Gasteiger partial charge < -0.3 is 14.8 Å². The highest BCUT2D eigenvalue weighted by atomic mass is 35.5. The van der Waals surface area contributed by atoms with E-state index in [0.29, 0.717) is 11.0 Å². The van der Waals surface area contributed by atoms with Gasteiger partial charge in [0.05, 0.1) is 7.11 Å². The minimum Gasteiger partial charge on any atom is -0.493 e. The lowest BCUT2D eigenvalue weighted by molar-refractivity contribution is -0.0512. The van der Waals surface area contributed by atoms with E-state index in [1.165, 1.54) is 13.2 Å². The number of ether oxygens (including phenoxy) is 2. The highest BCUT2D eigenvalue weighted by Gasteiger charge is 2.25. The van der Waals surface area contributed by atoms with E-state index in [2.05, 4.69) is 25.6 Å². The molecule has 1 atom stereocenters. The summed E-state index contributed by atoms with van der Waals surface area (Å²) in [4.78, 5) is 0. The number of nitrogens with zero attached hydrogens (tertiary/aromatic N) is 4. The van der Waals surface area contributed by atoms with Crippen LogP contribution in [0.5, 0.6) is 11.5 Å². The van der Waals surface area contributed by atoms with Crippen molar-refractivity contribution in [1.29, 1.82) is 0 Å². The lowest BCUT2D eigenvalue weighted by atomic mass is 10.0. The van der Waals surface area contributed by atoms with Crippen LogP contribution in [-0.2, 0) is 0 Å². The van der Waals surface area contributed by atoms with Crippen LogP contribution in [0.3, 0.4) is 0 Å². The van der Waals surface area contributed by atoms with Crippen molar-refractivity contribution in [3.8, 4) is 11.5 Å². The fourth-order valence-electron chi connectivity index (χ4n) is 2.95. The number of rotatable bonds is 5. The maximum atomic E-state index is 12.6. The Hall–Kier alpha value is -3.20. The summed E-state index contributed by atoms with van der Waals surface area (Å²) in [5.41, 5.74) is 2.42. The number of anilines is 1. The van der Waals surface area contributed by atoms with Gasteiger partial charge in [-0.05, 0) is 51.9 Å². The summed E-state index contributed by atoms with van der Waals surface area (Å²) in [5, 5.41) is 15.5. The molecule has 0 bridgehead atoms. The molecule has 3 aromatic rings. The maximum absolute atomic E-state index is 12.6. The summed E-state index contributed by atoms with van der Waals surface area (Å²) >= 11 is 5.97. The number of hydrogen-bond donors (Lipinski definition) is 1. The number of aromatic nitrogens is 4. The Morgan fingerprint density at radius 2 is 1.93 bits per heavy atom. The van der Waals surface area contributed by atoms with E-state index in [1.54, 1.807) is 28.9 Å². The topological polar surface area (TPSA) is 74.1 Å². The molecule has 1 aromatic heterocycles. The standard InChI is InChI=1S/C18H14ClF2N5O2/c1-27-16-8-11(4-7-15(16)28-17(20)21)14-9-13(10-2-5-12(19)6-3-10)22-18-23-24-25-26(14)18/h2-9,14,17H,1H3,(H,22,23,25)/t14-/m0/s1. The van der Waals surface area contributed by atoms with E-state index in [9.17, 15) is 8.78 Å². The largest absolute Gasteiger partial charge is 0.493 e. The molecule has 0 amide bonds. The first-order valence-electron chi connectivity index (χ1n) is 8.20. The van der Waals surface area contributed by atoms with Gasteiger partial charge in [-0.25, -0.2) is 0 Å². The number of nitrogens with one attached hydrogen (secondary N) is 1. The van der Waals surface area contributed by atoms with Crippen LogP contribution in [0.25, 0.3) is 5.70 Å². The van der Waals surface area contributed by atoms with Crippen molar-refractivity contribution in [1.82, 2.24) is 20.2 Å². The van der Waals surface area contributed by atoms with E-state index < -0.39 is 6.61 Å². The number of tetrazole rings is 1. The number of alkyl halides is 2. The van der Waals surface area contributed by atoms with E-state index >= 15 is 0 Å². The van der Waals surface area contributed by atoms with Crippen LogP contribution >= 0.6 is 11.6 Å². The molecule has 0 saturated carbocycles. The third kappa shape index (κ3) is 3.48. The van der Waals surface area contributed by atoms with Crippen LogP contribution in [0, 0.1) is 0 Å². The van der Waals surface area contributed by atoms with Crippen molar-refractivity contribution in [2.75, 3.05) is 12.4 Å². The van der Waals surface area contributed by atoms with E-state index in [-0.39, 0.29) is 17.5 Å². The molecule has 0 saturated heterocycles. The van der Waals surface area contributed by atoms with E-state index in [0.717, 1.165) is 16.8 Å². The summed E-state index contributed by atoms with van der Waals surface area (Å²) in [6.45, 7) is -2.94. The Morgan fingerprint density at radius 1 is 1.14 bits per heavy atom. The fourth-order valence-corrected chi connectivity index (χ4v) is 3.08. The summed E-state index contributed by atoms with van der Waals surface area (Å²) in [6.07, 6.45) is 1.93. The van der Waals surface area contributed by atoms with Gasteiger partial charge in [-0.3, -0.25) is 0 Å². The normalized spacial score (nSPS) is 15.6. The number of methoxy groups -OCH3 is 1. The van der Waals surface area contributed by atoms with Crippen molar-refractivity contribution >= 4 is 23.2 Å². The van der Waals surface area contributed by atoms with Crippen LogP contribution in [0.1, 0.15) is 17.2 Å². The number of benzene rings is 2. The van der Waals surface area contributed by atoms with Gasteiger partial charge in [-0.15, -0.1) is 0 Å². The average molecular weight is 406 g/mol. The van der Waals surface area contributed by atoms with Crippen molar-refractivity contribution in [3.63, 3.8) is 0 Å². The molecule has 2 aromatic carbocycles. The zero-order valence-electron chi connectivity index (χ0n) is 14.5. The molecule has 0 aliphatic carbocycles. The summed E-state index contributed by atoms with van der Waals surface area (Å²) in [5.74, 6) is 0.589. The number of fused-ring (bicyclic) bond motifs is 1. The smallest absolute Gasteiger partial charge is 0.387 e. The van der Waals surface area contributed by atoms with Crippen molar-refractivity contribution < 1.29 is 18.3 Å². The number of allylic oxidation sites excluding steroid dienone is 1. The zero-order chi connectivity index (χ0) is 19.7. The van der Waals surface area contributed by atoms with Gasteiger partial charge in [-0.2, -0.15) is 13.5 Å². The highest BCUT2D eigenvalue weighted by Crippen LogP contribution is 2.36. The van der Waals surface area contributed by atoms with Gasteiger partial charge in [0.15, 0.2) is 11.5 Å². The first kappa shape index (κ1) is 18.2. The van der Waals surface area contributed by atoms with Gasteiger partial charge in [0, 0.05) is 10.7 Å². The lowest BCUT2D eigenvalue weighted by Gasteiger charge is -2.24. The second-order valence-electron chi connectivity index (χ2n) is 5.89. The summed E-state index contributed by atoms with van der Waals surface area (Å²) in [7, 11) is 1.39. The predicted molar refractivity (Wildman–Crippen MR) is 98.6 cm³/mol. The SMILES string of the molecule is COc1cc([C@@H]2C=C(c3ccc(Cl)cc3)Nc3nnnn32)ccc1OC(F)F. The molecule has 0 fully saturated rings. The Morgan fingerprint density at radius 3 is 2.64 bits per heavy atom. The first-order chi connectivity index (χ1) is 13.5. The van der Waals surface area contributed by atoms with Gasteiger partial charge in [0.2, 0.25) is 5.95 Å². The molecular formula is C18H14ClF2N5O2. The molecule has 10 heteroatoms. The van der Waals surface area contributed by atoms with Crippen molar-refractivity contribution in [3.05, 3.63) is 64.7 Å². The quantitative estimate of drug-likeness (QED) is 0.691.